The molecule has 1 aromatic heterocycles. The average molecular weight is 639 g/mol. The molecule has 0 saturated carbocycles. The minimum absolute atomic E-state index is 0.109. The summed E-state index contributed by atoms with van der Waals surface area (Å²) in [6, 6.07) is 23.3. The van der Waals surface area contributed by atoms with Gasteiger partial charge in [-0.1, -0.05) is 36.4 Å². The number of hydrogen-bond acceptors (Lipinski definition) is 8. The van der Waals surface area contributed by atoms with Crippen LogP contribution in [0, 0.1) is 0 Å². The molecule has 1 aliphatic rings. The van der Waals surface area contributed by atoms with Crippen molar-refractivity contribution in [2.75, 3.05) is 43.6 Å². The Morgan fingerprint density at radius 1 is 1.00 bits per heavy atom. The number of nitrogens with one attached hydrogen (secondary N) is 3. The van der Waals surface area contributed by atoms with Gasteiger partial charge in [0.15, 0.2) is 5.82 Å². The second-order valence-electron chi connectivity index (χ2n) is 12.2. The predicted molar refractivity (Wildman–Crippen MR) is 182 cm³/mol. The Bertz CT molecular complexity index is 1730. The molecule has 0 spiro atoms. The van der Waals surface area contributed by atoms with E-state index in [1.165, 1.54) is 0 Å². The highest BCUT2D eigenvalue weighted by Crippen LogP contribution is 2.43. The molecule has 0 aliphatic carbocycles. The number of carbonyl (C=O) groups is 3. The van der Waals surface area contributed by atoms with Gasteiger partial charge in [0, 0.05) is 34.7 Å². The average Bonchev–Trinajstić information content (AvgIpc) is 3.51. The predicted octanol–water partition coefficient (Wildman–Crippen LogP) is 5.09. The highest BCUT2D eigenvalue weighted by molar-refractivity contribution is 6.04. The van der Waals surface area contributed by atoms with Crippen LogP contribution in [0.2, 0.25) is 0 Å². The van der Waals surface area contributed by atoms with Crippen LogP contribution in [0.4, 0.5) is 27.7 Å². The Morgan fingerprint density at radius 3 is 2.38 bits per heavy atom. The highest BCUT2D eigenvalue weighted by atomic mass is 16.5. The summed E-state index contributed by atoms with van der Waals surface area (Å²) in [4.78, 5) is 43.3. The van der Waals surface area contributed by atoms with Gasteiger partial charge in [-0.15, -0.1) is 0 Å². The van der Waals surface area contributed by atoms with Crippen molar-refractivity contribution in [1.29, 1.82) is 0 Å². The van der Waals surface area contributed by atoms with E-state index in [2.05, 4.69) is 16.0 Å². The van der Waals surface area contributed by atoms with Crippen molar-refractivity contribution >= 4 is 40.8 Å². The smallest absolute Gasteiger partial charge is 0.327 e. The van der Waals surface area contributed by atoms with E-state index in [9.17, 15) is 14.4 Å². The molecule has 0 saturated heterocycles. The number of benzene rings is 3. The number of aromatic nitrogens is 2. The Morgan fingerprint density at radius 2 is 1.70 bits per heavy atom. The molecule has 12 heteroatoms. The molecule has 0 bridgehead atoms. The Hall–Kier alpha value is -5.36. The van der Waals surface area contributed by atoms with Gasteiger partial charge in [0.2, 0.25) is 0 Å². The van der Waals surface area contributed by atoms with Crippen LogP contribution in [0.25, 0.3) is 0 Å². The topological polar surface area (TPSA) is 147 Å². The van der Waals surface area contributed by atoms with Crippen molar-refractivity contribution in [3.05, 3.63) is 101 Å². The Labute approximate surface area is 274 Å². The van der Waals surface area contributed by atoms with Gasteiger partial charge in [0.1, 0.15) is 6.54 Å². The number of anilines is 4. The van der Waals surface area contributed by atoms with Crippen LogP contribution in [0.15, 0.2) is 78.9 Å². The second kappa shape index (κ2) is 14.0. The molecular weight excluding hydrogens is 596 g/mol. The van der Waals surface area contributed by atoms with Gasteiger partial charge in [-0.05, 0) is 82.9 Å². The standard InChI is InChI=1S/C35H42N8O4/c1-6-47-30(44)22-43-31-28(20-42(35(31,2)3)34(46)39-29(21-41(4)5)23-11-8-7-9-12-23)32(40-43)37-26-13-10-14-27(19-26)38-33(45)24-15-17-25(36)18-16-24/h7-19,29H,6,20-22,36H2,1-5H3,(H,37,40)(H,38,45)(H,39,46)/t29-/m1/s1. The van der Waals surface area contributed by atoms with Crippen LogP contribution < -0.4 is 21.7 Å². The lowest BCUT2D eigenvalue weighted by Crippen LogP contribution is -2.49. The van der Waals surface area contributed by atoms with Crippen molar-refractivity contribution in [3.63, 3.8) is 0 Å². The fraction of sp³-hybridized carbons (Fsp3) is 0.314. The molecule has 0 fully saturated rings. The molecule has 1 atom stereocenters. The van der Waals surface area contributed by atoms with Gasteiger partial charge in [0.05, 0.1) is 30.4 Å². The molecule has 1 aliphatic heterocycles. The van der Waals surface area contributed by atoms with E-state index in [4.69, 9.17) is 15.6 Å². The quantitative estimate of drug-likeness (QED) is 0.131. The molecule has 47 heavy (non-hydrogen) atoms. The fourth-order valence-electron chi connectivity index (χ4n) is 5.85. The summed E-state index contributed by atoms with van der Waals surface area (Å²) in [7, 11) is 3.94. The molecule has 5 N–H and O–H groups in total. The lowest BCUT2D eigenvalue weighted by Gasteiger charge is -2.35. The number of fused-ring (bicyclic) bond motifs is 1. The number of amides is 3. The van der Waals surface area contributed by atoms with E-state index >= 15 is 0 Å². The normalized spacial score (nSPS) is 14.0. The lowest BCUT2D eigenvalue weighted by molar-refractivity contribution is -0.144. The molecule has 5 rings (SSSR count). The minimum Gasteiger partial charge on any atom is -0.465 e. The largest absolute Gasteiger partial charge is 0.465 e. The van der Waals surface area contributed by atoms with Crippen LogP contribution in [0.3, 0.4) is 0 Å². The maximum atomic E-state index is 14.0. The monoisotopic (exact) mass is 638 g/mol. The maximum Gasteiger partial charge on any atom is 0.327 e. The Balaban J connectivity index is 1.42. The number of carbonyl (C=O) groups excluding carboxylic acids is 3. The third kappa shape index (κ3) is 7.55. The second-order valence-corrected chi connectivity index (χ2v) is 12.2. The van der Waals surface area contributed by atoms with Crippen molar-refractivity contribution < 1.29 is 19.1 Å². The third-order valence-corrected chi connectivity index (χ3v) is 8.05. The number of rotatable bonds is 11. The first-order valence-electron chi connectivity index (χ1n) is 15.5. The molecular formula is C35H42N8O4. The third-order valence-electron chi connectivity index (χ3n) is 8.05. The lowest BCUT2D eigenvalue weighted by atomic mass is 10.00. The summed E-state index contributed by atoms with van der Waals surface area (Å²) in [5, 5.41) is 14.3. The molecule has 4 aromatic rings. The van der Waals surface area contributed by atoms with E-state index in [1.54, 1.807) is 52.9 Å². The van der Waals surface area contributed by atoms with Crippen LogP contribution in [-0.4, -0.2) is 64.7 Å². The molecule has 3 amide bonds. The summed E-state index contributed by atoms with van der Waals surface area (Å²) in [5.74, 6) is -0.193. The van der Waals surface area contributed by atoms with E-state index in [0.717, 1.165) is 16.8 Å². The number of nitrogens with two attached hydrogens (primary N) is 1. The summed E-state index contributed by atoms with van der Waals surface area (Å²) in [5.41, 5.74) is 9.77. The number of nitrogens with zero attached hydrogens (tertiary/aromatic N) is 4. The zero-order valence-electron chi connectivity index (χ0n) is 27.4. The molecule has 12 nitrogen and oxygen atoms in total. The molecule has 0 unspecified atom stereocenters. The number of esters is 1. The first kappa shape index (κ1) is 33.0. The number of likely N-dealkylation sites (N-methyl/N-ethyl adjacent to an activating group) is 1. The van der Waals surface area contributed by atoms with E-state index in [-0.39, 0.29) is 37.7 Å². The number of hydrogen-bond donors (Lipinski definition) is 4. The van der Waals surface area contributed by atoms with Crippen LogP contribution in [0.5, 0.6) is 0 Å². The number of nitrogen functional groups attached to an aromatic ring is 1. The maximum absolute atomic E-state index is 14.0. The van der Waals surface area contributed by atoms with Crippen LogP contribution in [-0.2, 0) is 28.2 Å². The van der Waals surface area contributed by atoms with Crippen molar-refractivity contribution in [1.82, 2.24) is 24.9 Å². The molecule has 0 radical (unpaired) electrons. The number of urea groups is 1. The van der Waals surface area contributed by atoms with E-state index in [0.29, 0.717) is 35.0 Å². The van der Waals surface area contributed by atoms with E-state index in [1.807, 2.05) is 75.3 Å². The summed E-state index contributed by atoms with van der Waals surface area (Å²) in [6.07, 6.45) is 0. The minimum atomic E-state index is -0.812. The van der Waals surface area contributed by atoms with Gasteiger partial charge in [0.25, 0.3) is 5.91 Å². The van der Waals surface area contributed by atoms with Gasteiger partial charge in [-0.3, -0.25) is 14.3 Å². The van der Waals surface area contributed by atoms with Gasteiger partial charge >= 0.3 is 12.0 Å². The molecule has 246 valence electrons. The first-order chi connectivity index (χ1) is 22.5. The van der Waals surface area contributed by atoms with Crippen molar-refractivity contribution in [3.8, 4) is 0 Å². The van der Waals surface area contributed by atoms with Crippen molar-refractivity contribution in [2.24, 2.45) is 0 Å². The summed E-state index contributed by atoms with van der Waals surface area (Å²) in [6.45, 7) is 6.66. The summed E-state index contributed by atoms with van der Waals surface area (Å²) < 4.78 is 6.86. The van der Waals surface area contributed by atoms with Gasteiger partial charge < -0.3 is 36.2 Å². The Kier molecular flexibility index (Phi) is 9.80. The zero-order valence-corrected chi connectivity index (χ0v) is 27.4. The fourth-order valence-corrected chi connectivity index (χ4v) is 5.85. The zero-order chi connectivity index (χ0) is 33.7. The van der Waals surface area contributed by atoms with Crippen LogP contribution >= 0.6 is 0 Å². The number of ether oxygens (including phenoxy) is 1. The van der Waals surface area contributed by atoms with Gasteiger partial charge in [-0.25, -0.2) is 4.79 Å². The first-order valence-corrected chi connectivity index (χ1v) is 15.5. The van der Waals surface area contributed by atoms with E-state index < -0.39 is 11.5 Å². The van der Waals surface area contributed by atoms with Crippen molar-refractivity contribution in [2.45, 2.75) is 45.4 Å². The SMILES string of the molecule is CCOC(=O)Cn1nc(Nc2cccc(NC(=O)c3ccc(N)cc3)c2)c2c1C(C)(C)N(C(=O)N[C@H](CN(C)C)c1ccccc1)C2. The van der Waals surface area contributed by atoms with Gasteiger partial charge in [-0.2, -0.15) is 5.10 Å². The molecule has 3 aromatic carbocycles. The highest BCUT2D eigenvalue weighted by Gasteiger charge is 2.46. The molecule has 2 heterocycles. The summed E-state index contributed by atoms with van der Waals surface area (Å²) >= 11 is 0. The van der Waals surface area contributed by atoms with Crippen LogP contribution in [0.1, 0.15) is 54.0 Å².